The molecule has 0 spiro atoms. The Balaban J connectivity index is 0.000000355. The molecule has 0 radical (unpaired) electrons. The molecule has 5 heterocycles. The number of Topliss-reactive ketones (excluding diaryl/α,β-unsaturated/α-hetero) is 2. The number of nitrogens with two attached hydrogens (primary N) is 2. The number of aromatic amines is 2. The number of carbonyl (C=O) groups is 7. The van der Waals surface area contributed by atoms with Gasteiger partial charge in [-0.2, -0.15) is 4.98 Å². The number of nitrogens with zero attached hydrogens (tertiary/aromatic N) is 5. The number of halogens is 1. The third-order valence-corrected chi connectivity index (χ3v) is 11.7. The Morgan fingerprint density at radius 2 is 1.44 bits per heavy atom. The molecule has 0 fully saturated rings. The first-order valence-electron chi connectivity index (χ1n) is 21.2. The minimum Gasteiger partial charge on any atom is -1.00 e. The molecule has 2 aromatic carbocycles. The van der Waals surface area contributed by atoms with Crippen LogP contribution in [0.1, 0.15) is 90.8 Å². The number of nitrogen functional groups attached to an aromatic ring is 2. The van der Waals surface area contributed by atoms with Gasteiger partial charge in [0.1, 0.15) is 17.9 Å². The predicted octanol–water partition coefficient (Wildman–Crippen LogP) is -3.53. The van der Waals surface area contributed by atoms with Gasteiger partial charge < -0.3 is 64.1 Å². The van der Waals surface area contributed by atoms with Crippen molar-refractivity contribution in [3.63, 3.8) is 0 Å². The maximum atomic E-state index is 12.5. The fraction of sp³-hybridized carbons (Fsp3) is 0.378. The number of anilines is 5. The van der Waals surface area contributed by atoms with Crippen molar-refractivity contribution in [1.29, 1.82) is 0 Å². The molecule has 368 valence electrons. The second-order valence-electron chi connectivity index (χ2n) is 16.2. The maximum Gasteiger partial charge on any atom is 2.00 e. The molecule has 1 amide bonds. The van der Waals surface area contributed by atoms with Crippen LogP contribution in [-0.4, -0.2) is 146 Å². The number of ketones is 2. The Labute approximate surface area is 435 Å². The first kappa shape index (κ1) is 57.6. The number of aliphatic carboxylic acids is 4. The average molecular weight is 1020 g/mol. The van der Waals surface area contributed by atoms with Crippen molar-refractivity contribution < 1.29 is 71.0 Å². The Hall–Kier alpha value is -6.69. The molecule has 70 heavy (non-hydrogen) atoms. The molecule has 25 heteroatoms. The second kappa shape index (κ2) is 25.8. The fourth-order valence-corrected chi connectivity index (χ4v) is 8.18. The molecule has 3 aliphatic heterocycles. The molecule has 4 atom stereocenters. The zero-order chi connectivity index (χ0) is 48.5. The van der Waals surface area contributed by atoms with Crippen LogP contribution in [0.2, 0.25) is 0 Å². The molecule has 9 N–H and O–H groups in total. The van der Waals surface area contributed by atoms with Crippen molar-refractivity contribution in [3.8, 4) is 0 Å². The van der Waals surface area contributed by atoms with E-state index in [-0.39, 0.29) is 131 Å². The van der Waals surface area contributed by atoms with Gasteiger partial charge in [-0.15, -0.1) is 0 Å². The molecular formula is C45H51CaClN10O13. The third kappa shape index (κ3) is 14.4. The number of benzene rings is 2. The average Bonchev–Trinajstić information content (AvgIpc) is 3.72. The van der Waals surface area contributed by atoms with Gasteiger partial charge in [-0.3, -0.25) is 43.5 Å². The summed E-state index contributed by atoms with van der Waals surface area (Å²) >= 11 is 0. The zero-order valence-corrected chi connectivity index (χ0v) is 39.9. The van der Waals surface area contributed by atoms with Crippen LogP contribution < -0.4 is 60.3 Å². The summed E-state index contributed by atoms with van der Waals surface area (Å²) in [4.78, 5) is 122. The van der Waals surface area contributed by atoms with Gasteiger partial charge >= 0.3 is 55.2 Å². The minimum absolute atomic E-state index is 0. The maximum absolute atomic E-state index is 12.5. The van der Waals surface area contributed by atoms with E-state index >= 15 is 0 Å². The van der Waals surface area contributed by atoms with Gasteiger partial charge in [0.05, 0.1) is 18.2 Å². The Bertz CT molecular complexity index is 2730. The van der Waals surface area contributed by atoms with E-state index in [1.807, 2.05) is 9.48 Å². The van der Waals surface area contributed by atoms with Crippen molar-refractivity contribution in [2.75, 3.05) is 39.7 Å². The Morgan fingerprint density at radius 3 is 2.03 bits per heavy atom. The Morgan fingerprint density at radius 1 is 0.857 bits per heavy atom. The van der Waals surface area contributed by atoms with Crippen molar-refractivity contribution >= 4 is 121 Å². The first-order chi connectivity index (χ1) is 31.9. The predicted molar refractivity (Wildman–Crippen MR) is 247 cm³/mol. The van der Waals surface area contributed by atoms with Crippen LogP contribution >= 0.6 is 0 Å². The van der Waals surface area contributed by atoms with Gasteiger partial charge in [0, 0.05) is 54.3 Å². The molecule has 0 bridgehead atoms. The van der Waals surface area contributed by atoms with Crippen LogP contribution in [0.3, 0.4) is 0 Å². The van der Waals surface area contributed by atoms with Crippen LogP contribution in [0, 0.1) is 11.8 Å². The summed E-state index contributed by atoms with van der Waals surface area (Å²) in [5, 5.41) is 42.9. The number of nitrogens with one attached hydrogen (secondary N) is 3. The molecule has 0 saturated carbocycles. The molecule has 3 aliphatic rings. The summed E-state index contributed by atoms with van der Waals surface area (Å²) in [6.45, 7) is 1.17. The largest absolute Gasteiger partial charge is 2.00 e. The second-order valence-corrected chi connectivity index (χ2v) is 16.2. The van der Waals surface area contributed by atoms with E-state index in [4.69, 9.17) is 16.6 Å². The number of fused-ring (bicyclic) bond motifs is 4. The number of carboxylic acids is 4. The van der Waals surface area contributed by atoms with E-state index in [0.29, 0.717) is 73.5 Å². The zero-order valence-electron chi connectivity index (χ0n) is 36.9. The van der Waals surface area contributed by atoms with Gasteiger partial charge in [0.15, 0.2) is 23.4 Å². The van der Waals surface area contributed by atoms with Crippen LogP contribution in [0.25, 0.3) is 0 Å². The summed E-state index contributed by atoms with van der Waals surface area (Å²) < 4.78 is 1.84. The van der Waals surface area contributed by atoms with E-state index in [2.05, 4.69) is 25.3 Å². The molecule has 0 aliphatic carbocycles. The van der Waals surface area contributed by atoms with Crippen LogP contribution in [0.5, 0.6) is 0 Å². The topological polar surface area (TPSA) is 371 Å². The smallest absolute Gasteiger partial charge is 1.00 e. The molecule has 0 saturated heterocycles. The van der Waals surface area contributed by atoms with Crippen molar-refractivity contribution in [2.45, 2.75) is 83.7 Å². The van der Waals surface area contributed by atoms with Crippen LogP contribution in [0.4, 0.5) is 34.8 Å². The van der Waals surface area contributed by atoms with E-state index in [0.717, 1.165) is 11.3 Å². The number of aromatic nitrogens is 4. The third-order valence-electron chi connectivity index (χ3n) is 11.7. The number of amides is 1. The van der Waals surface area contributed by atoms with Gasteiger partial charge in [-0.1, -0.05) is 31.7 Å². The van der Waals surface area contributed by atoms with Crippen molar-refractivity contribution in [1.82, 2.24) is 19.9 Å². The summed E-state index contributed by atoms with van der Waals surface area (Å²) in [5.74, 6) is -7.74. The number of hydrogen-bond donors (Lipinski definition) is 7. The number of rotatable bonds is 19. The normalized spacial score (nSPS) is 15.9. The molecule has 2 aromatic heterocycles. The Kier molecular flexibility index (Phi) is 21.2. The quantitative estimate of drug-likeness (QED) is 0.0207. The SMILES string of the molecule is C.Nc1nc2c(c(=O)[nH]1)N(C=O)[C@@H](CCc1ccc(C(=O)C[C@@H](CCC(=O)[O-])C(=O)[O-])cc1)CC2.Nc1nc2c(c(=O)[nH]1)[N+]1=CN(c3ccc(C(=O)C[C@@H](CCC(=O)O)C(=O)O)cc3)C[C@H]1CN2.[Ca+2].[Cl-]. The van der Waals surface area contributed by atoms with Gasteiger partial charge in [-0.05, 0) is 74.8 Å². The van der Waals surface area contributed by atoms with Crippen molar-refractivity contribution in [2.24, 2.45) is 11.8 Å². The summed E-state index contributed by atoms with van der Waals surface area (Å²) in [6, 6.07) is 13.1. The molecule has 0 unspecified atom stereocenters. The van der Waals surface area contributed by atoms with Gasteiger partial charge in [0.2, 0.25) is 30.3 Å². The first-order valence-corrected chi connectivity index (χ1v) is 21.2. The summed E-state index contributed by atoms with van der Waals surface area (Å²) in [5.41, 5.74) is 13.8. The van der Waals surface area contributed by atoms with Gasteiger partial charge in [0.25, 0.3) is 5.56 Å². The molecular weight excluding hydrogens is 964 g/mol. The van der Waals surface area contributed by atoms with Gasteiger partial charge in [-0.25, -0.2) is 14.5 Å². The standard InChI is InChI=1S/C23H26N4O7.C21H22N6O6.CH4.Ca.ClH/c24-23-25-17-9-8-16(27(12-28)20(17)21(32)26-23)7-3-13-1-4-14(5-2-13)18(29)11-15(22(33)34)6-10-19(30)31;22-21-24-18-17(19(31)25-21)27-10-26(9-14(27)8-23-18)13-4-1-11(2-5-13)15(28)7-12(20(32)33)3-6-16(29)30;;;/h1-2,4-5,12,15-16H,3,6-11H2,(H,30,31)(H,33,34)(H3,24,25,26,32);1-2,4-5,10,12,14H,3,6-9H2,(H5-,22,23,24,25,29,30,31,32,33);1H4;;1H/q;;;+2;/p-2/t15-,16+;12-,14-;;;/m11.../s1. The summed E-state index contributed by atoms with van der Waals surface area (Å²) in [7, 11) is 0. The van der Waals surface area contributed by atoms with E-state index < -0.39 is 53.5 Å². The summed E-state index contributed by atoms with van der Waals surface area (Å²) in [6.07, 6.45) is 2.95. The molecule has 23 nitrogen and oxygen atoms in total. The molecule has 7 rings (SSSR count). The van der Waals surface area contributed by atoms with E-state index in [1.165, 1.54) is 4.90 Å². The van der Waals surface area contributed by atoms with E-state index in [9.17, 15) is 58.5 Å². The number of H-pyrrole nitrogens is 2. The van der Waals surface area contributed by atoms with Crippen LogP contribution in [-0.2, 0) is 36.8 Å². The number of aryl methyl sites for hydroxylation is 2. The molecule has 4 aromatic rings. The number of hydrogen-bond acceptors (Lipinski definition) is 17. The van der Waals surface area contributed by atoms with Crippen molar-refractivity contribution in [3.05, 3.63) is 91.6 Å². The minimum atomic E-state index is -1.48. The van der Waals surface area contributed by atoms with Crippen LogP contribution in [0.15, 0.2) is 58.1 Å². The number of carboxylic acid groups (broad SMARTS) is 4. The fourth-order valence-electron chi connectivity index (χ4n) is 8.18. The van der Waals surface area contributed by atoms with E-state index in [1.54, 1.807) is 54.9 Å². The monoisotopic (exact) mass is 1010 g/mol. The number of carbonyl (C=O) groups excluding carboxylic acids is 5.